The van der Waals surface area contributed by atoms with Crippen LogP contribution < -0.4 is 33.2 Å². The summed E-state index contributed by atoms with van der Waals surface area (Å²) in [7, 11) is 0. The second kappa shape index (κ2) is 14.8. The topological polar surface area (TPSA) is 311 Å². The van der Waals surface area contributed by atoms with Gasteiger partial charge >= 0.3 is 17.9 Å². The number of hydrogen-bond donors (Lipinski definition) is 9. The van der Waals surface area contributed by atoms with Gasteiger partial charge < -0.3 is 48.5 Å². The molecule has 4 unspecified atom stereocenters. The van der Waals surface area contributed by atoms with E-state index in [9.17, 15) is 38.4 Å². The summed E-state index contributed by atoms with van der Waals surface area (Å²) in [6.45, 7) is 0. The van der Waals surface area contributed by atoms with E-state index in [1.54, 1.807) is 0 Å². The number of aliphatic carboxylic acids is 3. The summed E-state index contributed by atoms with van der Waals surface area (Å²) < 4.78 is 0. The number of primary amides is 2. The Morgan fingerprint density at radius 1 is 0.600 bits per heavy atom. The van der Waals surface area contributed by atoms with Gasteiger partial charge in [0.15, 0.2) is 0 Å². The molecule has 4 atom stereocenters. The number of nitrogens with two attached hydrogens (primary N) is 3. The normalized spacial score (nSPS) is 13.9. The van der Waals surface area contributed by atoms with Crippen LogP contribution in [0.3, 0.4) is 0 Å². The second-order valence-corrected chi connectivity index (χ2v) is 7.33. The fourth-order valence-electron chi connectivity index (χ4n) is 2.57. The van der Waals surface area contributed by atoms with Gasteiger partial charge in [-0.3, -0.25) is 33.6 Å². The molecular formula is C18H28N6O11. The van der Waals surface area contributed by atoms with Crippen molar-refractivity contribution in [1.29, 1.82) is 0 Å². The van der Waals surface area contributed by atoms with Crippen molar-refractivity contribution < 1.29 is 53.7 Å². The third-order valence-electron chi connectivity index (χ3n) is 4.36. The molecular weight excluding hydrogens is 476 g/mol. The summed E-state index contributed by atoms with van der Waals surface area (Å²) >= 11 is 0. The fraction of sp³-hybridized carbons (Fsp3) is 0.556. The lowest BCUT2D eigenvalue weighted by Gasteiger charge is -2.24. The summed E-state index contributed by atoms with van der Waals surface area (Å²) in [5.41, 5.74) is 15.6. The average Bonchev–Trinajstić information content (AvgIpc) is 2.72. The maximum atomic E-state index is 12.6. The van der Waals surface area contributed by atoms with Crippen LogP contribution in [-0.2, 0) is 38.4 Å². The van der Waals surface area contributed by atoms with Crippen molar-refractivity contribution in [3.8, 4) is 0 Å². The number of rotatable bonds is 17. The fourth-order valence-corrected chi connectivity index (χ4v) is 2.57. The maximum absolute atomic E-state index is 12.6. The predicted molar refractivity (Wildman–Crippen MR) is 113 cm³/mol. The SMILES string of the molecule is NC(=O)CCC(N)C(=O)NC(CC(=O)O)C(=O)NC(CCC(N)=O)C(=O)NC(CC(=O)O)C(=O)O. The highest BCUT2D eigenvalue weighted by molar-refractivity contribution is 5.96. The molecule has 5 amide bonds. The van der Waals surface area contributed by atoms with Gasteiger partial charge in [0, 0.05) is 12.8 Å². The van der Waals surface area contributed by atoms with Crippen LogP contribution in [0, 0.1) is 0 Å². The van der Waals surface area contributed by atoms with Gasteiger partial charge in [-0.05, 0) is 12.8 Å². The molecule has 0 bridgehead atoms. The van der Waals surface area contributed by atoms with Crippen molar-refractivity contribution in [1.82, 2.24) is 16.0 Å². The Morgan fingerprint density at radius 2 is 1.00 bits per heavy atom. The second-order valence-electron chi connectivity index (χ2n) is 7.33. The van der Waals surface area contributed by atoms with E-state index in [-0.39, 0.29) is 12.8 Å². The third-order valence-corrected chi connectivity index (χ3v) is 4.36. The van der Waals surface area contributed by atoms with Crippen LogP contribution in [0.4, 0.5) is 0 Å². The van der Waals surface area contributed by atoms with Gasteiger partial charge in [0.2, 0.25) is 29.5 Å². The number of hydrogen-bond acceptors (Lipinski definition) is 9. The Labute approximate surface area is 197 Å². The molecule has 0 aliphatic heterocycles. The Hall–Kier alpha value is -4.28. The van der Waals surface area contributed by atoms with E-state index in [2.05, 4.69) is 10.6 Å². The molecule has 17 heteroatoms. The van der Waals surface area contributed by atoms with Gasteiger partial charge in [-0.2, -0.15) is 0 Å². The van der Waals surface area contributed by atoms with E-state index in [4.69, 9.17) is 32.5 Å². The van der Waals surface area contributed by atoms with E-state index >= 15 is 0 Å². The third kappa shape index (κ3) is 13.1. The summed E-state index contributed by atoms with van der Waals surface area (Å²) in [6, 6.07) is -6.63. The number of carbonyl (C=O) groups excluding carboxylic acids is 5. The van der Waals surface area contributed by atoms with Crippen LogP contribution in [-0.4, -0.2) is 86.9 Å². The zero-order valence-electron chi connectivity index (χ0n) is 18.4. The molecule has 196 valence electrons. The summed E-state index contributed by atoms with van der Waals surface area (Å²) in [4.78, 5) is 92.5. The zero-order valence-corrected chi connectivity index (χ0v) is 18.4. The van der Waals surface area contributed by atoms with Crippen molar-refractivity contribution in [3.05, 3.63) is 0 Å². The highest BCUT2D eigenvalue weighted by atomic mass is 16.4. The molecule has 0 heterocycles. The molecule has 0 aliphatic carbocycles. The molecule has 0 fully saturated rings. The van der Waals surface area contributed by atoms with Gasteiger partial charge in [-0.1, -0.05) is 0 Å². The lowest BCUT2D eigenvalue weighted by molar-refractivity contribution is -0.147. The van der Waals surface area contributed by atoms with Gasteiger partial charge in [0.25, 0.3) is 0 Å². The molecule has 0 aromatic heterocycles. The van der Waals surface area contributed by atoms with Gasteiger partial charge in [0.05, 0.1) is 18.9 Å². The Morgan fingerprint density at radius 3 is 1.46 bits per heavy atom. The number of nitrogens with one attached hydrogen (secondary N) is 3. The van der Waals surface area contributed by atoms with Crippen LogP contribution >= 0.6 is 0 Å². The Kier molecular flexibility index (Phi) is 13.0. The van der Waals surface area contributed by atoms with Crippen LogP contribution in [0.25, 0.3) is 0 Å². The van der Waals surface area contributed by atoms with Crippen LogP contribution in [0.5, 0.6) is 0 Å². The van der Waals surface area contributed by atoms with E-state index in [1.807, 2.05) is 5.32 Å². The molecule has 17 nitrogen and oxygen atoms in total. The number of carboxylic acids is 3. The van der Waals surface area contributed by atoms with Gasteiger partial charge in [-0.15, -0.1) is 0 Å². The first-order valence-electron chi connectivity index (χ1n) is 10.0. The molecule has 0 rings (SSSR count). The van der Waals surface area contributed by atoms with Crippen molar-refractivity contribution in [2.45, 2.75) is 62.7 Å². The Bertz CT molecular complexity index is 862. The minimum atomic E-state index is -1.88. The monoisotopic (exact) mass is 504 g/mol. The molecule has 0 aliphatic rings. The molecule has 0 saturated carbocycles. The molecule has 0 saturated heterocycles. The van der Waals surface area contributed by atoms with Crippen molar-refractivity contribution in [3.63, 3.8) is 0 Å². The molecule has 0 spiro atoms. The lowest BCUT2D eigenvalue weighted by atomic mass is 10.1. The molecule has 35 heavy (non-hydrogen) atoms. The first-order chi connectivity index (χ1) is 16.1. The quantitative estimate of drug-likeness (QED) is 0.0902. The minimum Gasteiger partial charge on any atom is -0.481 e. The summed E-state index contributed by atoms with van der Waals surface area (Å²) in [5, 5.41) is 32.9. The van der Waals surface area contributed by atoms with E-state index in [0.717, 1.165) is 0 Å². The van der Waals surface area contributed by atoms with Gasteiger partial charge in [0.1, 0.15) is 18.1 Å². The van der Waals surface area contributed by atoms with Crippen molar-refractivity contribution in [2.24, 2.45) is 17.2 Å². The Balaban J connectivity index is 5.59. The lowest BCUT2D eigenvalue weighted by Crippen LogP contribution is -2.57. The van der Waals surface area contributed by atoms with Crippen LogP contribution in [0.15, 0.2) is 0 Å². The van der Waals surface area contributed by atoms with E-state index < -0.39 is 97.3 Å². The van der Waals surface area contributed by atoms with Crippen LogP contribution in [0.2, 0.25) is 0 Å². The standard InChI is InChI=1S/C18H28N6O11/c19-7(1-3-11(20)25)15(31)23-9(5-13(27)28)17(33)22-8(2-4-12(21)26)16(32)24-10(18(34)35)6-14(29)30/h7-10H,1-6,19H2,(H2,20,25)(H2,21,26)(H,22,33)(H,23,31)(H,24,32)(H,27,28)(H,29,30)(H,34,35). The minimum absolute atomic E-state index is 0.202. The first-order valence-corrected chi connectivity index (χ1v) is 10.0. The number of amides is 5. The number of carbonyl (C=O) groups is 8. The molecule has 12 N–H and O–H groups in total. The predicted octanol–water partition coefficient (Wildman–Crippen LogP) is -4.67. The average molecular weight is 504 g/mol. The molecule has 0 radical (unpaired) electrons. The highest BCUT2D eigenvalue weighted by Crippen LogP contribution is 2.04. The molecule has 0 aromatic carbocycles. The van der Waals surface area contributed by atoms with Crippen LogP contribution in [0.1, 0.15) is 38.5 Å². The van der Waals surface area contributed by atoms with Crippen molar-refractivity contribution >= 4 is 47.4 Å². The summed E-state index contributed by atoms with van der Waals surface area (Å²) in [5.74, 6) is -9.83. The number of carboxylic acid groups (broad SMARTS) is 3. The van der Waals surface area contributed by atoms with Crippen molar-refractivity contribution in [2.75, 3.05) is 0 Å². The highest BCUT2D eigenvalue weighted by Gasteiger charge is 2.32. The first kappa shape index (κ1) is 30.7. The molecule has 0 aromatic rings. The summed E-state index contributed by atoms with van der Waals surface area (Å²) in [6.07, 6.45) is -3.35. The zero-order chi connectivity index (χ0) is 27.3. The van der Waals surface area contributed by atoms with Gasteiger partial charge in [-0.25, -0.2) is 4.79 Å². The van der Waals surface area contributed by atoms with E-state index in [0.29, 0.717) is 0 Å². The maximum Gasteiger partial charge on any atom is 0.326 e. The largest absolute Gasteiger partial charge is 0.481 e. The van der Waals surface area contributed by atoms with E-state index in [1.165, 1.54) is 0 Å². The smallest absolute Gasteiger partial charge is 0.326 e.